The molecule has 9 heteroatoms. The maximum atomic E-state index is 14.2. The van der Waals surface area contributed by atoms with Crippen LogP contribution in [-0.4, -0.2) is 69.5 Å². The molecular weight excluding hydrogens is 471 g/mol. The minimum atomic E-state index is -0.662. The monoisotopic (exact) mass is 496 g/mol. The minimum absolute atomic E-state index is 0.00645. The Morgan fingerprint density at radius 1 is 1.31 bits per heavy atom. The number of phenols is 1. The van der Waals surface area contributed by atoms with Crippen molar-refractivity contribution in [2.45, 2.75) is 24.9 Å². The first-order valence-electron chi connectivity index (χ1n) is 11.5. The van der Waals surface area contributed by atoms with Crippen LogP contribution in [0.15, 0.2) is 49.1 Å². The standard InChI is InChI=1S/C26H26ClFN4O3/c1-3-7-30(2)8-9-31-25(34)23-13-18-17-12-19(27)20(28)14-21(17)29-24(18)22(32(23)26(31)35)11-15-5-4-6-16(33)10-15/h3-6,10,12,14,22-23,29,33H,1,7-9,11,13H2,2H3/t22?,23-/m0/s1. The highest BCUT2D eigenvalue weighted by atomic mass is 35.5. The molecule has 3 amide bonds. The van der Waals surface area contributed by atoms with Crippen molar-refractivity contribution in [1.29, 1.82) is 0 Å². The Balaban J connectivity index is 1.56. The average molecular weight is 497 g/mol. The number of benzene rings is 2. The number of nitrogens with one attached hydrogen (secondary N) is 1. The first kappa shape index (κ1) is 23.4. The second kappa shape index (κ2) is 9.02. The van der Waals surface area contributed by atoms with E-state index in [-0.39, 0.29) is 29.3 Å². The number of aromatic amines is 1. The van der Waals surface area contributed by atoms with Gasteiger partial charge in [0.25, 0.3) is 5.91 Å². The van der Waals surface area contributed by atoms with Gasteiger partial charge in [0.2, 0.25) is 0 Å². The summed E-state index contributed by atoms with van der Waals surface area (Å²) in [6.07, 6.45) is 2.47. The van der Waals surface area contributed by atoms with E-state index in [4.69, 9.17) is 11.6 Å². The summed E-state index contributed by atoms with van der Waals surface area (Å²) in [5.74, 6) is -0.655. The number of likely N-dealkylation sites (N-methyl/N-ethyl adjacent to an activating group) is 1. The lowest BCUT2D eigenvalue weighted by Gasteiger charge is -2.36. The van der Waals surface area contributed by atoms with E-state index in [0.717, 1.165) is 22.2 Å². The van der Waals surface area contributed by atoms with Crippen molar-refractivity contribution in [2.24, 2.45) is 0 Å². The summed E-state index contributed by atoms with van der Waals surface area (Å²) in [5.41, 5.74) is 3.00. The van der Waals surface area contributed by atoms with Gasteiger partial charge in [0.05, 0.1) is 11.1 Å². The number of rotatable bonds is 7. The number of H-pyrrole nitrogens is 1. The van der Waals surface area contributed by atoms with Gasteiger partial charge in [0.1, 0.15) is 17.6 Å². The smallest absolute Gasteiger partial charge is 0.328 e. The summed E-state index contributed by atoms with van der Waals surface area (Å²) < 4.78 is 14.2. The highest BCUT2D eigenvalue weighted by molar-refractivity contribution is 6.31. The molecule has 2 aliphatic heterocycles. The second-order valence-electron chi connectivity index (χ2n) is 9.17. The maximum Gasteiger partial charge on any atom is 0.328 e. The Bertz CT molecular complexity index is 1340. The number of amides is 3. The molecule has 0 aliphatic carbocycles. The lowest BCUT2D eigenvalue weighted by molar-refractivity contribution is -0.128. The number of aromatic hydroxyl groups is 1. The molecule has 0 saturated carbocycles. The molecule has 2 N–H and O–H groups in total. The SMILES string of the molecule is C=CCN(C)CCN1C(=O)[C@@H]2Cc3c([nH]c4cc(F)c(Cl)cc34)C(Cc3cccc(O)c3)N2C1=O. The Hall–Kier alpha value is -3.36. The second-order valence-corrected chi connectivity index (χ2v) is 9.58. The Morgan fingerprint density at radius 3 is 2.86 bits per heavy atom. The Kier molecular flexibility index (Phi) is 6.02. The fraction of sp³-hybridized carbons (Fsp3) is 0.308. The predicted octanol–water partition coefficient (Wildman–Crippen LogP) is 4.26. The van der Waals surface area contributed by atoms with Crippen molar-refractivity contribution >= 4 is 34.4 Å². The van der Waals surface area contributed by atoms with Crippen LogP contribution in [0.1, 0.15) is 22.9 Å². The molecule has 182 valence electrons. The number of carbonyl (C=O) groups excluding carboxylic acids is 2. The van der Waals surface area contributed by atoms with E-state index >= 15 is 0 Å². The van der Waals surface area contributed by atoms with Gasteiger partial charge in [-0.05, 0) is 48.9 Å². The number of halogens is 2. The van der Waals surface area contributed by atoms with E-state index < -0.39 is 17.9 Å². The van der Waals surface area contributed by atoms with Crippen molar-refractivity contribution in [2.75, 3.05) is 26.7 Å². The van der Waals surface area contributed by atoms with Crippen LogP contribution in [0.4, 0.5) is 9.18 Å². The third-order valence-electron chi connectivity index (χ3n) is 6.87. The van der Waals surface area contributed by atoms with Crippen molar-refractivity contribution in [3.8, 4) is 5.75 Å². The van der Waals surface area contributed by atoms with E-state index in [2.05, 4.69) is 11.6 Å². The van der Waals surface area contributed by atoms with Crippen LogP contribution in [0, 0.1) is 5.82 Å². The van der Waals surface area contributed by atoms with Gasteiger partial charge in [-0.2, -0.15) is 0 Å². The van der Waals surface area contributed by atoms with E-state index in [0.29, 0.717) is 31.4 Å². The van der Waals surface area contributed by atoms with Crippen molar-refractivity contribution in [1.82, 2.24) is 19.7 Å². The summed E-state index contributed by atoms with van der Waals surface area (Å²) in [5, 5.41) is 10.7. The topological polar surface area (TPSA) is 79.9 Å². The number of imide groups is 1. The highest BCUT2D eigenvalue weighted by Gasteiger charge is 2.51. The lowest BCUT2D eigenvalue weighted by Crippen LogP contribution is -2.44. The first-order valence-corrected chi connectivity index (χ1v) is 11.9. The largest absolute Gasteiger partial charge is 0.508 e. The zero-order valence-corrected chi connectivity index (χ0v) is 20.1. The van der Waals surface area contributed by atoms with E-state index in [9.17, 15) is 19.1 Å². The average Bonchev–Trinajstić information content (AvgIpc) is 3.27. The maximum absolute atomic E-state index is 14.2. The molecule has 1 aromatic heterocycles. The van der Waals surface area contributed by atoms with Crippen LogP contribution in [0.5, 0.6) is 5.75 Å². The number of nitrogens with zero attached hydrogens (tertiary/aromatic N) is 3. The molecular formula is C26H26ClFN4O3. The summed E-state index contributed by atoms with van der Waals surface area (Å²) in [7, 11) is 1.91. The molecule has 2 atom stereocenters. The molecule has 1 unspecified atom stereocenters. The fourth-order valence-electron chi connectivity index (χ4n) is 5.20. The van der Waals surface area contributed by atoms with Gasteiger partial charge >= 0.3 is 6.03 Å². The molecule has 1 saturated heterocycles. The zero-order valence-electron chi connectivity index (χ0n) is 19.3. The fourth-order valence-corrected chi connectivity index (χ4v) is 5.36. The van der Waals surface area contributed by atoms with Gasteiger partial charge in [-0.15, -0.1) is 6.58 Å². The molecule has 3 aromatic rings. The van der Waals surface area contributed by atoms with Crippen LogP contribution in [0.3, 0.4) is 0 Å². The van der Waals surface area contributed by atoms with Crippen LogP contribution in [0.25, 0.3) is 10.9 Å². The van der Waals surface area contributed by atoms with Gasteiger partial charge in [-0.1, -0.05) is 29.8 Å². The molecule has 5 rings (SSSR count). The molecule has 0 spiro atoms. The first-order chi connectivity index (χ1) is 16.8. The van der Waals surface area contributed by atoms with Gasteiger partial charge in [0.15, 0.2) is 0 Å². The number of aromatic nitrogens is 1. The van der Waals surface area contributed by atoms with Gasteiger partial charge < -0.3 is 19.9 Å². The molecule has 0 radical (unpaired) electrons. The molecule has 1 fully saturated rings. The Morgan fingerprint density at radius 2 is 2.11 bits per heavy atom. The highest BCUT2D eigenvalue weighted by Crippen LogP contribution is 2.43. The predicted molar refractivity (Wildman–Crippen MR) is 132 cm³/mol. The number of hydrogen-bond acceptors (Lipinski definition) is 4. The third-order valence-corrected chi connectivity index (χ3v) is 7.16. The summed E-state index contributed by atoms with van der Waals surface area (Å²) in [6.45, 7) is 5.19. The molecule has 7 nitrogen and oxygen atoms in total. The van der Waals surface area contributed by atoms with Crippen LogP contribution in [-0.2, 0) is 17.6 Å². The number of carbonyl (C=O) groups is 2. The minimum Gasteiger partial charge on any atom is -0.508 e. The number of hydrogen-bond donors (Lipinski definition) is 2. The normalized spacial score (nSPS) is 19.5. The summed E-state index contributed by atoms with van der Waals surface area (Å²) in [6, 6.07) is 8.26. The third kappa shape index (κ3) is 4.06. The van der Waals surface area contributed by atoms with Gasteiger partial charge in [0, 0.05) is 42.7 Å². The van der Waals surface area contributed by atoms with Gasteiger partial charge in [-0.3, -0.25) is 9.69 Å². The number of urea groups is 1. The molecule has 2 aromatic carbocycles. The van der Waals surface area contributed by atoms with Crippen molar-refractivity contribution < 1.29 is 19.1 Å². The Labute approximate surface area is 207 Å². The van der Waals surface area contributed by atoms with E-state index in [1.54, 1.807) is 35.2 Å². The van der Waals surface area contributed by atoms with Crippen LogP contribution < -0.4 is 0 Å². The van der Waals surface area contributed by atoms with E-state index in [1.165, 1.54) is 11.0 Å². The quantitative estimate of drug-likeness (QED) is 0.378. The number of fused-ring (bicyclic) bond motifs is 4. The number of phenolic OH excluding ortho intramolecular Hbond substituents is 1. The molecule has 35 heavy (non-hydrogen) atoms. The summed E-state index contributed by atoms with van der Waals surface area (Å²) in [4.78, 5) is 35.3. The zero-order chi connectivity index (χ0) is 24.9. The van der Waals surface area contributed by atoms with Crippen molar-refractivity contribution in [3.63, 3.8) is 0 Å². The van der Waals surface area contributed by atoms with Crippen LogP contribution in [0.2, 0.25) is 5.02 Å². The molecule has 2 aliphatic rings. The van der Waals surface area contributed by atoms with Gasteiger partial charge in [-0.25, -0.2) is 9.18 Å². The van der Waals surface area contributed by atoms with Crippen LogP contribution >= 0.6 is 11.6 Å². The lowest BCUT2D eigenvalue weighted by atomic mass is 9.89. The molecule has 0 bridgehead atoms. The van der Waals surface area contributed by atoms with E-state index in [1.807, 2.05) is 18.0 Å². The molecule has 3 heterocycles. The summed E-state index contributed by atoms with van der Waals surface area (Å²) >= 11 is 6.09. The van der Waals surface area contributed by atoms with Crippen molar-refractivity contribution in [3.05, 3.63) is 76.7 Å².